The fourth-order valence-corrected chi connectivity index (χ4v) is 6.49. The smallest absolute Gasteiger partial charge is 0.329 e. The molecule has 0 aromatic heterocycles. The first-order valence-corrected chi connectivity index (χ1v) is 22.1. The van der Waals surface area contributed by atoms with Crippen molar-refractivity contribution in [2.75, 3.05) is 64.4 Å². The van der Waals surface area contributed by atoms with E-state index in [4.69, 9.17) is 28.8 Å². The van der Waals surface area contributed by atoms with Crippen LogP contribution in [0.5, 0.6) is 0 Å². The minimum absolute atomic E-state index is 0.0341. The van der Waals surface area contributed by atoms with Gasteiger partial charge in [-0.25, -0.2) is 9.59 Å². The number of carbonyl (C=O) groups excluding carboxylic acids is 5. The maximum Gasteiger partial charge on any atom is 0.329 e. The molecular formula is C42H75NO12S. The van der Waals surface area contributed by atoms with Crippen LogP contribution in [0.15, 0.2) is 0 Å². The zero-order valence-corrected chi connectivity index (χ0v) is 36.0. The number of Topliss-reactive ketones (excluding diaryl/α,β-unsaturated/α-hetero) is 3. The van der Waals surface area contributed by atoms with E-state index in [1.165, 1.54) is 31.4 Å². The molecule has 0 aliphatic rings. The number of carboxylic acids is 1. The second kappa shape index (κ2) is 36.9. The highest BCUT2D eigenvalue weighted by Gasteiger charge is 2.27. The van der Waals surface area contributed by atoms with Crippen molar-refractivity contribution in [1.29, 1.82) is 0 Å². The maximum atomic E-state index is 12.9. The lowest BCUT2D eigenvalue weighted by atomic mass is 10.0. The molecule has 0 saturated heterocycles. The molecule has 1 unspecified atom stereocenters. The Kier molecular flexibility index (Phi) is 35.3. The van der Waals surface area contributed by atoms with Gasteiger partial charge in [-0.05, 0) is 97.0 Å². The number of carbonyl (C=O) groups is 6. The number of rotatable bonds is 41. The lowest BCUT2D eigenvalue weighted by molar-refractivity contribution is -0.159. The third-order valence-corrected chi connectivity index (χ3v) is 9.62. The molecule has 2 N–H and O–H groups in total. The first kappa shape index (κ1) is 53.6. The first-order chi connectivity index (χ1) is 26.8. The number of amides is 1. The summed E-state index contributed by atoms with van der Waals surface area (Å²) in [5.74, 6) is 0.744. The summed E-state index contributed by atoms with van der Waals surface area (Å²) in [5, 5.41) is 11.3. The van der Waals surface area contributed by atoms with Gasteiger partial charge in [0.25, 0.3) is 0 Å². The average molecular weight is 818 g/mol. The lowest BCUT2D eigenvalue weighted by Crippen LogP contribution is -2.44. The Hall–Kier alpha value is -2.39. The van der Waals surface area contributed by atoms with Crippen molar-refractivity contribution in [1.82, 2.24) is 5.32 Å². The molecule has 1 atom stereocenters. The molecule has 13 nitrogen and oxygen atoms in total. The van der Waals surface area contributed by atoms with Gasteiger partial charge in [0.05, 0.1) is 26.4 Å². The Morgan fingerprint density at radius 3 is 1.57 bits per heavy atom. The van der Waals surface area contributed by atoms with Crippen molar-refractivity contribution in [2.24, 2.45) is 0 Å². The molecule has 326 valence electrons. The Balaban J connectivity index is 3.95. The van der Waals surface area contributed by atoms with E-state index in [0.29, 0.717) is 84.6 Å². The highest BCUT2D eigenvalue weighted by Crippen LogP contribution is 2.15. The van der Waals surface area contributed by atoms with Gasteiger partial charge in [-0.3, -0.25) is 14.4 Å². The highest BCUT2D eigenvalue weighted by atomic mass is 32.2. The van der Waals surface area contributed by atoms with Crippen molar-refractivity contribution >= 4 is 47.0 Å². The number of nitrogens with one attached hydrogen (secondary N) is 1. The van der Waals surface area contributed by atoms with Crippen molar-refractivity contribution in [3.63, 3.8) is 0 Å². The monoisotopic (exact) mass is 818 g/mol. The molecular weight excluding hydrogens is 743 g/mol. The second-order valence-corrected chi connectivity index (χ2v) is 16.5. The second-order valence-electron chi connectivity index (χ2n) is 15.3. The summed E-state index contributed by atoms with van der Waals surface area (Å²) < 4.78 is 26.9. The Morgan fingerprint density at radius 1 is 0.554 bits per heavy atom. The van der Waals surface area contributed by atoms with Crippen molar-refractivity contribution in [3.8, 4) is 0 Å². The Bertz CT molecular complexity index is 1060. The van der Waals surface area contributed by atoms with E-state index in [-0.39, 0.29) is 42.7 Å². The number of esters is 1. The van der Waals surface area contributed by atoms with Crippen molar-refractivity contribution < 1.29 is 57.6 Å². The van der Waals surface area contributed by atoms with Gasteiger partial charge in [0.2, 0.25) is 5.91 Å². The molecule has 0 saturated carbocycles. The maximum absolute atomic E-state index is 12.9. The van der Waals surface area contributed by atoms with E-state index in [1.54, 1.807) is 27.7 Å². The minimum atomic E-state index is -1.10. The molecule has 0 aromatic rings. The summed E-state index contributed by atoms with van der Waals surface area (Å²) >= 11 is 2.01. The van der Waals surface area contributed by atoms with Crippen LogP contribution in [-0.2, 0) is 52.5 Å². The molecule has 0 heterocycles. The predicted octanol–water partition coefficient (Wildman–Crippen LogP) is 7.23. The molecule has 0 aliphatic heterocycles. The summed E-state index contributed by atoms with van der Waals surface area (Å²) in [6.07, 6.45) is 15.9. The van der Waals surface area contributed by atoms with Crippen LogP contribution in [0.4, 0.5) is 0 Å². The number of aliphatic carboxylic acids is 1. The zero-order chi connectivity index (χ0) is 41.7. The van der Waals surface area contributed by atoms with E-state index in [2.05, 4.69) is 5.32 Å². The molecule has 0 aromatic carbocycles. The van der Waals surface area contributed by atoms with Gasteiger partial charge in [0.1, 0.15) is 36.4 Å². The van der Waals surface area contributed by atoms with E-state index < -0.39 is 30.2 Å². The molecule has 0 fully saturated rings. The third kappa shape index (κ3) is 39.8. The molecule has 0 spiro atoms. The van der Waals surface area contributed by atoms with Gasteiger partial charge in [0, 0.05) is 45.3 Å². The van der Waals surface area contributed by atoms with Crippen LogP contribution in [0.2, 0.25) is 0 Å². The largest absolute Gasteiger partial charge is 0.480 e. The van der Waals surface area contributed by atoms with E-state index in [0.717, 1.165) is 50.7 Å². The van der Waals surface area contributed by atoms with Gasteiger partial charge in [-0.15, -0.1) is 0 Å². The Morgan fingerprint density at radius 2 is 1.04 bits per heavy atom. The molecule has 0 radical (unpaired) electrons. The van der Waals surface area contributed by atoms with Gasteiger partial charge in [0.15, 0.2) is 5.78 Å². The number of hydrogen-bond donors (Lipinski definition) is 2. The Labute approximate surface area is 341 Å². The molecule has 0 aliphatic carbocycles. The summed E-state index contributed by atoms with van der Waals surface area (Å²) in [5.41, 5.74) is -0.702. The highest BCUT2D eigenvalue weighted by molar-refractivity contribution is 7.99. The molecule has 0 bridgehead atoms. The minimum Gasteiger partial charge on any atom is -0.480 e. The van der Waals surface area contributed by atoms with E-state index in [9.17, 15) is 28.8 Å². The fraction of sp³-hybridized carbons (Fsp3) is 0.857. The van der Waals surface area contributed by atoms with Crippen molar-refractivity contribution in [2.45, 2.75) is 168 Å². The number of unbranched alkanes of at least 4 members (excludes halogenated alkanes) is 10. The van der Waals surface area contributed by atoms with Gasteiger partial charge < -0.3 is 38.9 Å². The summed E-state index contributed by atoms with van der Waals surface area (Å²) in [4.78, 5) is 71.1. The normalized spacial score (nSPS) is 12.0. The average Bonchev–Trinajstić information content (AvgIpc) is 3.12. The number of ether oxygens (including phenoxy) is 5. The summed E-state index contributed by atoms with van der Waals surface area (Å²) in [6, 6.07) is -0.855. The lowest BCUT2D eigenvalue weighted by Gasteiger charge is -2.24. The topological polar surface area (TPSA) is 181 Å². The van der Waals surface area contributed by atoms with Gasteiger partial charge in [-0.1, -0.05) is 38.5 Å². The van der Waals surface area contributed by atoms with Crippen LogP contribution in [0.3, 0.4) is 0 Å². The number of ketones is 3. The van der Waals surface area contributed by atoms with Gasteiger partial charge in [-0.2, -0.15) is 11.8 Å². The van der Waals surface area contributed by atoms with E-state index in [1.807, 2.05) is 11.8 Å². The summed E-state index contributed by atoms with van der Waals surface area (Å²) in [7, 11) is 0. The third-order valence-electron chi connectivity index (χ3n) is 8.47. The first-order valence-electron chi connectivity index (χ1n) is 21.0. The standard InChI is InChI=1S/C42H75NO12S/c1-35(44)19-11-7-5-9-17-31-56-32-18-10-6-8-12-22-39(47)43-38(41(50)55-42(2,3)4)24-23-36(45)20-13-15-25-51-27-29-53-30-28-52-26-16-14-21-37(46)33-54-34-40(48)49/h38H,5-34H2,1-4H3,(H,43,47)(H,48,49). The number of carboxylic acid groups (broad SMARTS) is 1. The van der Waals surface area contributed by atoms with Crippen molar-refractivity contribution in [3.05, 3.63) is 0 Å². The molecule has 14 heteroatoms. The quantitative estimate of drug-likeness (QED) is 0.0467. The molecule has 0 rings (SSSR count). The molecule has 1 amide bonds. The van der Waals surface area contributed by atoms with Crippen LogP contribution in [0.25, 0.3) is 0 Å². The number of hydrogen-bond acceptors (Lipinski definition) is 12. The van der Waals surface area contributed by atoms with E-state index >= 15 is 0 Å². The predicted molar refractivity (Wildman–Crippen MR) is 219 cm³/mol. The fourth-order valence-electron chi connectivity index (χ4n) is 5.47. The van der Waals surface area contributed by atoms with Crippen LogP contribution < -0.4 is 5.32 Å². The van der Waals surface area contributed by atoms with Crippen LogP contribution in [-0.4, -0.2) is 116 Å². The molecule has 56 heavy (non-hydrogen) atoms. The van der Waals surface area contributed by atoms with Crippen LogP contribution in [0.1, 0.15) is 156 Å². The van der Waals surface area contributed by atoms with Gasteiger partial charge >= 0.3 is 11.9 Å². The summed E-state index contributed by atoms with van der Waals surface area (Å²) in [6.45, 7) is 9.08. The SMILES string of the molecule is CC(=O)CCCCCCCSCCCCCCCC(=O)NC(CCC(=O)CCCCOCCOCCOCCCCC(=O)COCC(=O)O)C(=O)OC(C)(C)C. The number of thioether (sulfide) groups is 1. The van der Waals surface area contributed by atoms with Crippen LogP contribution >= 0.6 is 11.8 Å². The zero-order valence-electron chi connectivity index (χ0n) is 35.1. The van der Waals surface area contributed by atoms with Crippen LogP contribution in [0, 0.1) is 0 Å².